The Morgan fingerprint density at radius 2 is 1.94 bits per heavy atom. The first-order valence-electron chi connectivity index (χ1n) is 10.1. The molecule has 9 nitrogen and oxygen atoms in total. The molecule has 2 N–H and O–H groups in total. The number of likely N-dealkylation sites (tertiary alicyclic amines) is 1. The quantitative estimate of drug-likeness (QED) is 0.649. The van der Waals surface area contributed by atoms with E-state index in [9.17, 15) is 9.59 Å². The maximum Gasteiger partial charge on any atom is 0.410 e. The molecule has 4 rings (SSSR count). The van der Waals surface area contributed by atoms with Gasteiger partial charge < -0.3 is 15.4 Å². The summed E-state index contributed by atoms with van der Waals surface area (Å²) >= 11 is 6.02. The van der Waals surface area contributed by atoms with Gasteiger partial charge in [0.25, 0.3) is 0 Å². The molecule has 1 aliphatic rings. The lowest BCUT2D eigenvalue weighted by atomic mass is 10.1. The SMILES string of the molecule is CC(C)(C)OC(=O)N1CCCC(n2c(=O)n(-c3ccc(Cl)cc3)c3c(N)ncnc32)C1. The minimum absolute atomic E-state index is 0.204. The molecule has 164 valence electrons. The number of hydrogen-bond donors (Lipinski definition) is 1. The summed E-state index contributed by atoms with van der Waals surface area (Å²) in [7, 11) is 0. The smallest absolute Gasteiger partial charge is 0.410 e. The number of nitrogens with zero attached hydrogens (tertiary/aromatic N) is 5. The van der Waals surface area contributed by atoms with E-state index < -0.39 is 5.60 Å². The van der Waals surface area contributed by atoms with E-state index >= 15 is 0 Å². The van der Waals surface area contributed by atoms with Crippen LogP contribution in [-0.4, -0.2) is 48.8 Å². The molecular weight excluding hydrogens is 420 g/mol. The lowest BCUT2D eigenvalue weighted by molar-refractivity contribution is 0.0172. The number of nitrogens with two attached hydrogens (primary N) is 1. The molecule has 1 fully saturated rings. The Kier molecular flexibility index (Phi) is 5.38. The number of anilines is 1. The first-order chi connectivity index (χ1) is 14.7. The summed E-state index contributed by atoms with van der Waals surface area (Å²) in [5.41, 5.74) is 6.74. The van der Waals surface area contributed by atoms with Crippen molar-refractivity contribution in [3.8, 4) is 5.69 Å². The monoisotopic (exact) mass is 444 g/mol. The van der Waals surface area contributed by atoms with Crippen LogP contribution in [0.2, 0.25) is 5.02 Å². The lowest BCUT2D eigenvalue weighted by Gasteiger charge is -2.34. The standard InChI is InChI=1S/C21H25ClN6O3/c1-21(2,3)31-20(30)26-10-4-5-15(11-26)28-18-16(17(23)24-12-25-18)27(19(28)29)14-8-6-13(22)7-9-14/h6-9,12,15H,4-5,10-11H2,1-3H3,(H2,23,24,25). The van der Waals surface area contributed by atoms with Gasteiger partial charge in [-0.15, -0.1) is 0 Å². The molecule has 3 heterocycles. The molecule has 0 radical (unpaired) electrons. The van der Waals surface area contributed by atoms with Gasteiger partial charge in [0.1, 0.15) is 17.4 Å². The minimum Gasteiger partial charge on any atom is -0.444 e. The van der Waals surface area contributed by atoms with Crippen molar-refractivity contribution in [1.82, 2.24) is 24.0 Å². The van der Waals surface area contributed by atoms with Crippen LogP contribution < -0.4 is 11.4 Å². The molecule has 31 heavy (non-hydrogen) atoms. The number of halogens is 1. The largest absolute Gasteiger partial charge is 0.444 e. The Balaban J connectivity index is 1.79. The second-order valence-electron chi connectivity index (χ2n) is 8.62. The summed E-state index contributed by atoms with van der Waals surface area (Å²) in [4.78, 5) is 36.2. The van der Waals surface area contributed by atoms with Gasteiger partial charge in [0.2, 0.25) is 0 Å². The third kappa shape index (κ3) is 4.10. The number of carbonyl (C=O) groups excluding carboxylic acids is 1. The number of amides is 1. The van der Waals surface area contributed by atoms with Gasteiger partial charge in [0.05, 0.1) is 11.7 Å². The van der Waals surface area contributed by atoms with Crippen LogP contribution in [0.5, 0.6) is 0 Å². The van der Waals surface area contributed by atoms with Crippen molar-refractivity contribution >= 4 is 34.7 Å². The van der Waals surface area contributed by atoms with E-state index in [1.165, 1.54) is 10.9 Å². The second-order valence-corrected chi connectivity index (χ2v) is 9.05. The highest BCUT2D eigenvalue weighted by molar-refractivity contribution is 6.30. The Bertz CT molecular complexity index is 1180. The number of hydrogen-bond acceptors (Lipinski definition) is 6. The molecule has 10 heteroatoms. The molecule has 1 unspecified atom stereocenters. The highest BCUT2D eigenvalue weighted by atomic mass is 35.5. The van der Waals surface area contributed by atoms with Gasteiger partial charge in [-0.25, -0.2) is 19.6 Å². The van der Waals surface area contributed by atoms with Crippen molar-refractivity contribution < 1.29 is 9.53 Å². The molecule has 0 spiro atoms. The maximum absolute atomic E-state index is 13.6. The molecule has 1 saturated heterocycles. The van der Waals surface area contributed by atoms with E-state index in [4.69, 9.17) is 22.1 Å². The predicted octanol–water partition coefficient (Wildman–Crippen LogP) is 3.39. The van der Waals surface area contributed by atoms with Gasteiger partial charge in [0.15, 0.2) is 11.5 Å². The van der Waals surface area contributed by atoms with Gasteiger partial charge in [-0.2, -0.15) is 0 Å². The van der Waals surface area contributed by atoms with Crippen LogP contribution in [0.4, 0.5) is 10.6 Å². The van der Waals surface area contributed by atoms with Gasteiger partial charge in [-0.3, -0.25) is 9.13 Å². The summed E-state index contributed by atoms with van der Waals surface area (Å²) in [5, 5.41) is 0.560. The van der Waals surface area contributed by atoms with Crippen molar-refractivity contribution in [2.45, 2.75) is 45.3 Å². The highest BCUT2D eigenvalue weighted by Crippen LogP contribution is 2.28. The van der Waals surface area contributed by atoms with E-state index in [-0.39, 0.29) is 23.6 Å². The first-order valence-corrected chi connectivity index (χ1v) is 10.5. The number of imidazole rings is 1. The van der Waals surface area contributed by atoms with Crippen LogP contribution in [0.1, 0.15) is 39.7 Å². The third-order valence-electron chi connectivity index (χ3n) is 5.18. The minimum atomic E-state index is -0.590. The molecule has 1 aromatic carbocycles. The van der Waals surface area contributed by atoms with E-state index in [1.807, 2.05) is 20.8 Å². The zero-order chi connectivity index (χ0) is 22.3. The molecule has 2 aromatic heterocycles. The van der Waals surface area contributed by atoms with Crippen LogP contribution in [0, 0.1) is 0 Å². The predicted molar refractivity (Wildman–Crippen MR) is 119 cm³/mol. The normalized spacial score (nSPS) is 17.2. The van der Waals surface area contributed by atoms with Gasteiger partial charge in [-0.1, -0.05) is 11.6 Å². The molecule has 1 aliphatic heterocycles. The maximum atomic E-state index is 13.6. The molecular formula is C21H25ClN6O3. The number of ether oxygens (including phenoxy) is 1. The summed E-state index contributed by atoms with van der Waals surface area (Å²) in [5.74, 6) is 0.204. The zero-order valence-electron chi connectivity index (χ0n) is 17.7. The number of nitrogen functional groups attached to an aromatic ring is 1. The van der Waals surface area contributed by atoms with Crippen molar-refractivity contribution in [1.29, 1.82) is 0 Å². The zero-order valence-corrected chi connectivity index (χ0v) is 18.5. The van der Waals surface area contributed by atoms with Crippen LogP contribution in [-0.2, 0) is 4.74 Å². The van der Waals surface area contributed by atoms with Crippen molar-refractivity contribution in [3.63, 3.8) is 0 Å². The van der Waals surface area contributed by atoms with Crippen LogP contribution >= 0.6 is 11.6 Å². The number of benzene rings is 1. The second kappa shape index (κ2) is 7.88. The van der Waals surface area contributed by atoms with Crippen LogP contribution in [0.3, 0.4) is 0 Å². The molecule has 0 bridgehead atoms. The van der Waals surface area contributed by atoms with Crippen molar-refractivity contribution in [3.05, 3.63) is 46.1 Å². The van der Waals surface area contributed by atoms with Gasteiger partial charge in [-0.05, 0) is 57.9 Å². The Hall–Kier alpha value is -3.07. The van der Waals surface area contributed by atoms with Gasteiger partial charge >= 0.3 is 11.8 Å². The topological polar surface area (TPSA) is 108 Å². The molecule has 1 amide bonds. The van der Waals surface area contributed by atoms with Gasteiger partial charge in [0, 0.05) is 18.1 Å². The number of rotatable bonds is 2. The van der Waals surface area contributed by atoms with Crippen molar-refractivity contribution in [2.75, 3.05) is 18.8 Å². The number of fused-ring (bicyclic) bond motifs is 1. The first kappa shape index (κ1) is 21.2. The number of aromatic nitrogens is 4. The summed E-state index contributed by atoms with van der Waals surface area (Å²) in [6.45, 7) is 6.41. The summed E-state index contributed by atoms with van der Waals surface area (Å²) < 4.78 is 8.62. The fourth-order valence-electron chi connectivity index (χ4n) is 3.88. The Labute approximate surface area is 184 Å². The number of carbonyl (C=O) groups is 1. The van der Waals surface area contributed by atoms with Crippen LogP contribution in [0.25, 0.3) is 16.9 Å². The molecule has 3 aromatic rings. The van der Waals surface area contributed by atoms with E-state index in [2.05, 4.69) is 9.97 Å². The van der Waals surface area contributed by atoms with Crippen molar-refractivity contribution in [2.24, 2.45) is 0 Å². The Morgan fingerprint density at radius 3 is 2.61 bits per heavy atom. The average Bonchev–Trinajstić information content (AvgIpc) is 3.01. The Morgan fingerprint density at radius 1 is 1.23 bits per heavy atom. The fraction of sp³-hybridized carbons (Fsp3) is 0.429. The molecule has 0 aliphatic carbocycles. The third-order valence-corrected chi connectivity index (χ3v) is 5.43. The molecule has 0 saturated carbocycles. The van der Waals surface area contributed by atoms with E-state index in [0.29, 0.717) is 35.0 Å². The molecule has 1 atom stereocenters. The fourth-order valence-corrected chi connectivity index (χ4v) is 4.01. The van der Waals surface area contributed by atoms with E-state index in [1.54, 1.807) is 33.7 Å². The summed E-state index contributed by atoms with van der Waals surface area (Å²) in [6.07, 6.45) is 2.42. The summed E-state index contributed by atoms with van der Waals surface area (Å²) in [6, 6.07) is 6.63. The lowest BCUT2D eigenvalue weighted by Crippen LogP contribution is -2.45. The number of piperidine rings is 1. The van der Waals surface area contributed by atoms with E-state index in [0.717, 1.165) is 12.8 Å². The average molecular weight is 445 g/mol. The van der Waals surface area contributed by atoms with Crippen LogP contribution in [0.15, 0.2) is 35.4 Å². The highest BCUT2D eigenvalue weighted by Gasteiger charge is 2.31.